The molecule has 0 aliphatic rings. The summed E-state index contributed by atoms with van der Waals surface area (Å²) < 4.78 is 0. The average molecular weight is 234 g/mol. The van der Waals surface area contributed by atoms with E-state index in [-0.39, 0.29) is 0 Å². The zero-order valence-electron chi connectivity index (χ0n) is 8.20. The Kier molecular flexibility index (Phi) is 13.0. The largest absolute Gasteiger partial charge is 0.154 e. The molecule has 0 spiro atoms. The van der Waals surface area contributed by atoms with Gasteiger partial charge in [-0.05, 0) is 11.8 Å². The van der Waals surface area contributed by atoms with Crippen LogP contribution < -0.4 is 0 Å². The lowest BCUT2D eigenvalue weighted by atomic mass is 10.4. The molecule has 0 aliphatic heterocycles. The van der Waals surface area contributed by atoms with Gasteiger partial charge in [0.2, 0.25) is 0 Å². The van der Waals surface area contributed by atoms with Crippen molar-refractivity contribution in [2.75, 3.05) is 17.3 Å². The number of thioether (sulfide) groups is 1. The first-order chi connectivity index (χ1) is 6.41. The zero-order valence-corrected chi connectivity index (χ0v) is 10.6. The van der Waals surface area contributed by atoms with E-state index in [0.717, 1.165) is 11.5 Å². The summed E-state index contributed by atoms with van der Waals surface area (Å²) in [4.78, 5) is 0. The third-order valence-electron chi connectivity index (χ3n) is 1.25. The predicted octanol–water partition coefficient (Wildman–Crippen LogP) is 4.60. The Balaban J connectivity index is 2.98. The van der Waals surface area contributed by atoms with Crippen LogP contribution in [0, 0.1) is 0 Å². The summed E-state index contributed by atoms with van der Waals surface area (Å²) in [5.41, 5.74) is 0. The fraction of sp³-hybridized carbons (Fsp3) is 0.600. The highest BCUT2D eigenvalue weighted by atomic mass is 33.1. The van der Waals surface area contributed by atoms with Gasteiger partial charge in [-0.25, -0.2) is 0 Å². The quantitative estimate of drug-likeness (QED) is 0.325. The van der Waals surface area contributed by atoms with Crippen LogP contribution in [-0.4, -0.2) is 17.3 Å². The van der Waals surface area contributed by atoms with Gasteiger partial charge in [-0.3, -0.25) is 0 Å². The smallest absolute Gasteiger partial charge is 0.0124 e. The first-order valence-corrected chi connectivity index (χ1v) is 8.07. The van der Waals surface area contributed by atoms with Crippen molar-refractivity contribution >= 4 is 33.3 Å². The molecule has 76 valence electrons. The summed E-state index contributed by atoms with van der Waals surface area (Å²) in [6.07, 6.45) is 6.79. The Morgan fingerprint density at radius 2 is 2.15 bits per heavy atom. The lowest BCUT2D eigenvalue weighted by Gasteiger charge is -1.93. The van der Waals surface area contributed by atoms with Crippen LogP contribution in [0.25, 0.3) is 0 Å². The van der Waals surface area contributed by atoms with Gasteiger partial charge >= 0.3 is 0 Å². The minimum Gasteiger partial charge on any atom is -0.154 e. The second-order valence-electron chi connectivity index (χ2n) is 2.47. The molecule has 0 amide bonds. The molecule has 0 aromatic carbocycles. The van der Waals surface area contributed by atoms with Crippen LogP contribution in [-0.2, 0) is 0 Å². The van der Waals surface area contributed by atoms with Crippen LogP contribution in [0.15, 0.2) is 24.1 Å². The van der Waals surface area contributed by atoms with Crippen molar-refractivity contribution in [3.8, 4) is 0 Å². The lowest BCUT2D eigenvalue weighted by molar-refractivity contribution is 0.898. The summed E-state index contributed by atoms with van der Waals surface area (Å²) in [6.45, 7) is 5.90. The van der Waals surface area contributed by atoms with Crippen molar-refractivity contribution in [3.63, 3.8) is 0 Å². The SMILES string of the molecule is C=CCSC/C=C/SSCCCC. The van der Waals surface area contributed by atoms with E-state index in [1.54, 1.807) is 0 Å². The number of unbranched alkanes of at least 4 members (excludes halogenated alkanes) is 1. The van der Waals surface area contributed by atoms with Gasteiger partial charge in [0.15, 0.2) is 0 Å². The Hall–Kier alpha value is 0.530. The molecular weight excluding hydrogens is 216 g/mol. The first-order valence-electron chi connectivity index (χ1n) is 4.53. The predicted molar refractivity (Wildman–Crippen MR) is 71.6 cm³/mol. The number of hydrogen-bond acceptors (Lipinski definition) is 3. The minimum atomic E-state index is 1.05. The van der Waals surface area contributed by atoms with Crippen LogP contribution in [0.4, 0.5) is 0 Å². The molecule has 0 aliphatic carbocycles. The van der Waals surface area contributed by atoms with E-state index < -0.39 is 0 Å². The van der Waals surface area contributed by atoms with Crippen LogP contribution >= 0.6 is 33.3 Å². The van der Waals surface area contributed by atoms with Crippen molar-refractivity contribution < 1.29 is 0 Å². The normalized spacial score (nSPS) is 10.8. The van der Waals surface area contributed by atoms with Gasteiger partial charge in [-0.1, -0.05) is 47.1 Å². The second-order valence-corrected chi connectivity index (χ2v) is 5.94. The molecule has 0 nitrogen and oxygen atoms in total. The van der Waals surface area contributed by atoms with Gasteiger partial charge in [0, 0.05) is 17.3 Å². The summed E-state index contributed by atoms with van der Waals surface area (Å²) >= 11 is 1.89. The summed E-state index contributed by atoms with van der Waals surface area (Å²) in [5.74, 6) is 3.43. The molecule has 0 aromatic rings. The van der Waals surface area contributed by atoms with Crippen molar-refractivity contribution in [1.29, 1.82) is 0 Å². The van der Waals surface area contributed by atoms with Crippen molar-refractivity contribution in [3.05, 3.63) is 24.1 Å². The molecule has 0 unspecified atom stereocenters. The van der Waals surface area contributed by atoms with E-state index in [9.17, 15) is 0 Å². The van der Waals surface area contributed by atoms with Crippen molar-refractivity contribution in [1.82, 2.24) is 0 Å². The molecule has 0 aromatic heterocycles. The molecule has 0 bridgehead atoms. The van der Waals surface area contributed by atoms with Gasteiger partial charge in [-0.2, -0.15) is 11.8 Å². The van der Waals surface area contributed by atoms with Crippen LogP contribution in [0.5, 0.6) is 0 Å². The standard InChI is InChI=1S/C10H18S3/c1-3-5-9-12-13-10-6-8-11-7-4-2/h4,6,10H,2-3,5,7-9H2,1H3/b10-6+. The zero-order chi connectivity index (χ0) is 9.78. The molecular formula is C10H18S3. The number of rotatable bonds is 9. The highest BCUT2D eigenvalue weighted by Crippen LogP contribution is 2.23. The van der Waals surface area contributed by atoms with Gasteiger partial charge in [0.1, 0.15) is 0 Å². The van der Waals surface area contributed by atoms with Crippen LogP contribution in [0.2, 0.25) is 0 Å². The Labute approximate surface area is 94.4 Å². The van der Waals surface area contributed by atoms with E-state index in [1.807, 2.05) is 39.4 Å². The molecule has 0 rings (SSSR count). The monoisotopic (exact) mass is 234 g/mol. The highest BCUT2D eigenvalue weighted by Gasteiger charge is 1.84. The Morgan fingerprint density at radius 1 is 1.31 bits per heavy atom. The molecule has 0 saturated carbocycles. The van der Waals surface area contributed by atoms with Crippen molar-refractivity contribution in [2.24, 2.45) is 0 Å². The van der Waals surface area contributed by atoms with Crippen LogP contribution in [0.3, 0.4) is 0 Å². The Bertz CT molecular complexity index is 132. The van der Waals surface area contributed by atoms with Gasteiger partial charge in [-0.15, -0.1) is 6.58 Å². The maximum Gasteiger partial charge on any atom is 0.0124 e. The average Bonchev–Trinajstić information content (AvgIpc) is 2.16. The molecule has 0 N–H and O–H groups in total. The Morgan fingerprint density at radius 3 is 2.85 bits per heavy atom. The first kappa shape index (κ1) is 13.5. The van der Waals surface area contributed by atoms with Gasteiger partial charge < -0.3 is 0 Å². The maximum absolute atomic E-state index is 3.67. The molecule has 0 radical (unpaired) electrons. The molecule has 0 heterocycles. The van der Waals surface area contributed by atoms with E-state index in [2.05, 4.69) is 25.0 Å². The summed E-state index contributed by atoms with van der Waals surface area (Å²) in [5, 5.41) is 2.19. The molecule has 3 heteroatoms. The van der Waals surface area contributed by atoms with E-state index in [1.165, 1.54) is 18.6 Å². The summed E-state index contributed by atoms with van der Waals surface area (Å²) in [6, 6.07) is 0. The lowest BCUT2D eigenvalue weighted by Crippen LogP contribution is -1.72. The van der Waals surface area contributed by atoms with Gasteiger partial charge in [0.05, 0.1) is 0 Å². The minimum absolute atomic E-state index is 1.05. The topological polar surface area (TPSA) is 0 Å². The third-order valence-corrected chi connectivity index (χ3v) is 4.29. The fourth-order valence-corrected chi connectivity index (χ4v) is 3.12. The third kappa shape index (κ3) is 12.5. The highest BCUT2D eigenvalue weighted by molar-refractivity contribution is 8.77. The fourth-order valence-electron chi connectivity index (χ4n) is 0.589. The number of hydrogen-bond donors (Lipinski definition) is 0. The molecule has 0 atom stereocenters. The second kappa shape index (κ2) is 12.5. The van der Waals surface area contributed by atoms with E-state index >= 15 is 0 Å². The molecule has 13 heavy (non-hydrogen) atoms. The van der Waals surface area contributed by atoms with Crippen LogP contribution in [0.1, 0.15) is 19.8 Å². The summed E-state index contributed by atoms with van der Waals surface area (Å²) in [7, 11) is 3.79. The molecule has 0 saturated heterocycles. The van der Waals surface area contributed by atoms with Gasteiger partial charge in [0.25, 0.3) is 0 Å². The molecule has 0 fully saturated rings. The maximum atomic E-state index is 3.67. The van der Waals surface area contributed by atoms with E-state index in [0.29, 0.717) is 0 Å². The van der Waals surface area contributed by atoms with Crippen molar-refractivity contribution in [2.45, 2.75) is 19.8 Å². The van der Waals surface area contributed by atoms with E-state index in [4.69, 9.17) is 0 Å².